The second kappa shape index (κ2) is 6.81. The third-order valence-electron chi connectivity index (χ3n) is 3.34. The van der Waals surface area contributed by atoms with Crippen LogP contribution in [0.4, 0.5) is 5.69 Å². The van der Waals surface area contributed by atoms with E-state index in [1.807, 2.05) is 26.2 Å². The number of hydrogen-bond donors (Lipinski definition) is 1. The fourth-order valence-electron chi connectivity index (χ4n) is 2.02. The van der Waals surface area contributed by atoms with Crippen molar-refractivity contribution in [2.45, 2.75) is 19.5 Å². The molecule has 1 aromatic carbocycles. The van der Waals surface area contributed by atoms with Crippen LogP contribution in [0.3, 0.4) is 0 Å². The fourth-order valence-corrected chi connectivity index (χ4v) is 3.50. The fraction of sp³-hybridized carbons (Fsp3) is 0.333. The van der Waals surface area contributed by atoms with E-state index in [1.165, 1.54) is 10.4 Å². The smallest absolute Gasteiger partial charge is 0.0931 e. The highest BCUT2D eigenvalue weighted by molar-refractivity contribution is 7.16. The molecular weight excluding hydrogens is 311 g/mol. The molecule has 1 unspecified atom stereocenters. The van der Waals surface area contributed by atoms with Crippen LogP contribution < -0.4 is 10.2 Å². The van der Waals surface area contributed by atoms with Gasteiger partial charge < -0.3 is 10.2 Å². The number of hydrogen-bond acceptors (Lipinski definition) is 3. The molecule has 1 atom stereocenters. The highest BCUT2D eigenvalue weighted by atomic mass is 35.5. The second-order valence-corrected chi connectivity index (χ2v) is 6.99. The van der Waals surface area contributed by atoms with Gasteiger partial charge in [0.1, 0.15) is 0 Å². The predicted molar refractivity (Wildman–Crippen MR) is 90.4 cm³/mol. The summed E-state index contributed by atoms with van der Waals surface area (Å²) in [7, 11) is 3.98. The van der Waals surface area contributed by atoms with Gasteiger partial charge in [-0.05, 0) is 43.8 Å². The minimum Gasteiger partial charge on any atom is -0.368 e. The summed E-state index contributed by atoms with van der Waals surface area (Å²) in [5.74, 6) is 0. The quantitative estimate of drug-likeness (QED) is 0.833. The summed E-state index contributed by atoms with van der Waals surface area (Å²) in [5.41, 5.74) is 2.22. The molecule has 0 aliphatic carbocycles. The van der Waals surface area contributed by atoms with Gasteiger partial charge in [-0.3, -0.25) is 0 Å². The Morgan fingerprint density at radius 1 is 1.25 bits per heavy atom. The highest BCUT2D eigenvalue weighted by Crippen LogP contribution is 2.30. The van der Waals surface area contributed by atoms with Crippen LogP contribution in [0.2, 0.25) is 9.36 Å². The van der Waals surface area contributed by atoms with Crippen molar-refractivity contribution in [3.05, 3.63) is 50.1 Å². The predicted octanol–water partition coefficient (Wildman–Crippen LogP) is 4.97. The van der Waals surface area contributed by atoms with E-state index in [0.29, 0.717) is 6.04 Å². The Balaban J connectivity index is 2.15. The van der Waals surface area contributed by atoms with Crippen molar-refractivity contribution in [3.8, 4) is 0 Å². The SMILES string of the molecule is CNC(C)c1ccc(N(C)Cc2ccc(Cl)s2)c(Cl)c1. The zero-order valence-electron chi connectivity index (χ0n) is 11.8. The molecule has 0 spiro atoms. The van der Waals surface area contributed by atoms with Crippen LogP contribution in [0.25, 0.3) is 0 Å². The first-order valence-electron chi connectivity index (χ1n) is 6.43. The molecule has 2 nitrogen and oxygen atoms in total. The lowest BCUT2D eigenvalue weighted by atomic mass is 10.1. The standard InChI is InChI=1S/C15H18Cl2N2S/c1-10(18-2)11-4-6-14(13(16)8-11)19(3)9-12-5-7-15(17)20-12/h4-8,10,18H,9H2,1-3H3. The van der Waals surface area contributed by atoms with E-state index in [4.69, 9.17) is 23.2 Å². The molecular formula is C15H18Cl2N2S. The van der Waals surface area contributed by atoms with Gasteiger partial charge in [0.05, 0.1) is 21.6 Å². The molecule has 1 aromatic heterocycles. The van der Waals surface area contributed by atoms with Gasteiger partial charge in [0, 0.05) is 18.0 Å². The average Bonchev–Trinajstić information content (AvgIpc) is 2.82. The molecule has 5 heteroatoms. The number of anilines is 1. The van der Waals surface area contributed by atoms with Crippen LogP contribution in [0.15, 0.2) is 30.3 Å². The lowest BCUT2D eigenvalue weighted by Gasteiger charge is -2.21. The van der Waals surface area contributed by atoms with Gasteiger partial charge in [-0.2, -0.15) is 0 Å². The topological polar surface area (TPSA) is 15.3 Å². The van der Waals surface area contributed by atoms with Crippen molar-refractivity contribution < 1.29 is 0 Å². The van der Waals surface area contributed by atoms with E-state index in [1.54, 1.807) is 11.3 Å². The molecule has 2 rings (SSSR count). The Morgan fingerprint density at radius 3 is 2.55 bits per heavy atom. The van der Waals surface area contributed by atoms with Gasteiger partial charge in [-0.15, -0.1) is 11.3 Å². The Hall–Kier alpha value is -0.740. The van der Waals surface area contributed by atoms with Crippen LogP contribution in [-0.2, 0) is 6.54 Å². The van der Waals surface area contributed by atoms with Crippen LogP contribution in [0.5, 0.6) is 0 Å². The number of rotatable bonds is 5. The number of nitrogens with one attached hydrogen (secondary N) is 1. The first kappa shape index (κ1) is 15.6. The van der Waals surface area contributed by atoms with Gasteiger partial charge >= 0.3 is 0 Å². The first-order chi connectivity index (χ1) is 9.51. The van der Waals surface area contributed by atoms with E-state index in [9.17, 15) is 0 Å². The van der Waals surface area contributed by atoms with Gasteiger partial charge in [-0.25, -0.2) is 0 Å². The third-order valence-corrected chi connectivity index (χ3v) is 4.86. The summed E-state index contributed by atoms with van der Waals surface area (Å²) in [6, 6.07) is 10.5. The van der Waals surface area contributed by atoms with Crippen LogP contribution in [0, 0.1) is 0 Å². The molecule has 0 radical (unpaired) electrons. The molecule has 0 amide bonds. The monoisotopic (exact) mass is 328 g/mol. The maximum absolute atomic E-state index is 6.40. The molecule has 0 saturated heterocycles. The lowest BCUT2D eigenvalue weighted by molar-refractivity contribution is 0.652. The largest absolute Gasteiger partial charge is 0.368 e. The average molecular weight is 329 g/mol. The summed E-state index contributed by atoms with van der Waals surface area (Å²) >= 11 is 14.0. The maximum atomic E-state index is 6.40. The molecule has 2 aromatic rings. The Morgan fingerprint density at radius 2 is 2.00 bits per heavy atom. The van der Waals surface area contributed by atoms with E-state index in [0.717, 1.165) is 21.6 Å². The van der Waals surface area contributed by atoms with Crippen LogP contribution in [-0.4, -0.2) is 14.1 Å². The molecule has 108 valence electrons. The normalized spacial score (nSPS) is 12.4. The summed E-state index contributed by atoms with van der Waals surface area (Å²) < 4.78 is 0.817. The molecule has 0 bridgehead atoms. The second-order valence-electron chi connectivity index (χ2n) is 4.78. The maximum Gasteiger partial charge on any atom is 0.0931 e. The van der Waals surface area contributed by atoms with Crippen molar-refractivity contribution >= 4 is 40.2 Å². The summed E-state index contributed by atoms with van der Waals surface area (Å²) in [6.07, 6.45) is 0. The lowest BCUT2D eigenvalue weighted by Crippen LogP contribution is -2.17. The number of thiophene rings is 1. The van der Waals surface area contributed by atoms with Crippen molar-refractivity contribution in [3.63, 3.8) is 0 Å². The summed E-state index contributed by atoms with van der Waals surface area (Å²) in [6.45, 7) is 2.92. The van der Waals surface area contributed by atoms with Crippen LogP contribution in [0.1, 0.15) is 23.4 Å². The minimum absolute atomic E-state index is 0.294. The number of nitrogens with zero attached hydrogens (tertiary/aromatic N) is 1. The first-order valence-corrected chi connectivity index (χ1v) is 8.00. The van der Waals surface area contributed by atoms with Crippen molar-refractivity contribution in [1.29, 1.82) is 0 Å². The van der Waals surface area contributed by atoms with E-state index >= 15 is 0 Å². The Labute approximate surface area is 134 Å². The number of benzene rings is 1. The molecule has 0 saturated carbocycles. The number of halogens is 2. The molecule has 0 aliphatic rings. The van der Waals surface area contributed by atoms with Crippen molar-refractivity contribution in [2.75, 3.05) is 19.0 Å². The summed E-state index contributed by atoms with van der Waals surface area (Å²) in [4.78, 5) is 3.36. The van der Waals surface area contributed by atoms with Crippen molar-refractivity contribution in [2.24, 2.45) is 0 Å². The zero-order chi connectivity index (χ0) is 14.7. The molecule has 0 aliphatic heterocycles. The van der Waals surface area contributed by atoms with E-state index in [2.05, 4.69) is 35.3 Å². The van der Waals surface area contributed by atoms with Gasteiger partial charge in [-0.1, -0.05) is 29.3 Å². The van der Waals surface area contributed by atoms with Gasteiger partial charge in [0.2, 0.25) is 0 Å². The molecule has 20 heavy (non-hydrogen) atoms. The van der Waals surface area contributed by atoms with Gasteiger partial charge in [0.25, 0.3) is 0 Å². The van der Waals surface area contributed by atoms with E-state index < -0.39 is 0 Å². The summed E-state index contributed by atoms with van der Waals surface area (Å²) in [5, 5.41) is 3.99. The highest BCUT2D eigenvalue weighted by Gasteiger charge is 2.11. The van der Waals surface area contributed by atoms with Crippen LogP contribution >= 0.6 is 34.5 Å². The zero-order valence-corrected chi connectivity index (χ0v) is 14.1. The minimum atomic E-state index is 0.294. The van der Waals surface area contributed by atoms with Crippen molar-refractivity contribution in [1.82, 2.24) is 5.32 Å². The Bertz CT molecular complexity index is 583. The third kappa shape index (κ3) is 3.67. The van der Waals surface area contributed by atoms with E-state index in [-0.39, 0.29) is 0 Å². The Kier molecular flexibility index (Phi) is 5.33. The molecule has 0 fully saturated rings. The molecule has 1 heterocycles. The van der Waals surface area contributed by atoms with Gasteiger partial charge in [0.15, 0.2) is 0 Å². The molecule has 1 N–H and O–H groups in total.